The first-order valence-electron chi connectivity index (χ1n) is 9.86. The molecule has 3 rings (SSSR count). The smallest absolute Gasteiger partial charge is 0.0162 e. The Balaban J connectivity index is 0.000000185. The van der Waals surface area contributed by atoms with E-state index in [9.17, 15) is 0 Å². The van der Waals surface area contributed by atoms with Crippen molar-refractivity contribution >= 4 is 0 Å². The molecule has 0 aromatic heterocycles. The number of hydrogen-bond acceptors (Lipinski definition) is 0. The molecule has 2 aliphatic rings. The summed E-state index contributed by atoms with van der Waals surface area (Å²) in [7, 11) is 0. The molecule has 23 heavy (non-hydrogen) atoms. The van der Waals surface area contributed by atoms with Gasteiger partial charge in [0.05, 0.1) is 0 Å². The van der Waals surface area contributed by atoms with Crippen LogP contribution in [-0.2, 0) is 0 Å². The van der Waals surface area contributed by atoms with Gasteiger partial charge in [0.15, 0.2) is 0 Å². The lowest BCUT2D eigenvalue weighted by Crippen LogP contribution is -2.10. The molecule has 0 N–H and O–H groups in total. The third-order valence-electron chi connectivity index (χ3n) is 5.79. The second kappa shape index (κ2) is 9.96. The summed E-state index contributed by atoms with van der Waals surface area (Å²) >= 11 is 0. The monoisotopic (exact) mass is 312 g/mol. The van der Waals surface area contributed by atoms with Crippen molar-refractivity contribution in [2.45, 2.75) is 84.0 Å². The van der Waals surface area contributed by atoms with E-state index in [0.717, 1.165) is 17.8 Å². The Kier molecular flexibility index (Phi) is 7.92. The molecule has 0 amide bonds. The highest BCUT2D eigenvalue weighted by atomic mass is 14.2. The average molecular weight is 313 g/mol. The van der Waals surface area contributed by atoms with E-state index in [2.05, 4.69) is 50.8 Å². The number of aryl methyl sites for hydroxylation is 1. The zero-order valence-corrected chi connectivity index (χ0v) is 15.4. The summed E-state index contributed by atoms with van der Waals surface area (Å²) in [4.78, 5) is 0. The normalized spacial score (nSPS) is 25.3. The molecule has 128 valence electrons. The van der Waals surface area contributed by atoms with Gasteiger partial charge in [-0.15, -0.1) is 6.58 Å². The minimum Gasteiger partial charge on any atom is -0.103 e. The predicted molar refractivity (Wildman–Crippen MR) is 103 cm³/mol. The number of hydrogen-bond donors (Lipinski definition) is 0. The van der Waals surface area contributed by atoms with Crippen LogP contribution in [-0.4, -0.2) is 0 Å². The van der Waals surface area contributed by atoms with E-state index in [1.165, 1.54) is 69.8 Å². The maximum Gasteiger partial charge on any atom is -0.0162 e. The highest BCUT2D eigenvalue weighted by Gasteiger charge is 2.19. The second-order valence-electron chi connectivity index (χ2n) is 7.90. The van der Waals surface area contributed by atoms with Gasteiger partial charge < -0.3 is 0 Å². The SMILES string of the molecule is C=CCC1CCCCC1.Cc1ccc(C2CCC(C)CC2)cc1. The van der Waals surface area contributed by atoms with Gasteiger partial charge in [-0.1, -0.05) is 87.8 Å². The molecule has 1 aromatic rings. The fraction of sp³-hybridized carbons (Fsp3) is 0.652. The number of rotatable bonds is 3. The molecule has 0 heteroatoms. The molecule has 0 atom stereocenters. The van der Waals surface area contributed by atoms with Crippen LogP contribution in [0.2, 0.25) is 0 Å². The minimum absolute atomic E-state index is 0.840. The van der Waals surface area contributed by atoms with E-state index < -0.39 is 0 Å². The Bertz CT molecular complexity index is 428. The molecule has 2 fully saturated rings. The predicted octanol–water partition coefficient (Wildman–Crippen LogP) is 7.43. The first-order chi connectivity index (χ1) is 11.2. The van der Waals surface area contributed by atoms with Crippen molar-refractivity contribution in [1.29, 1.82) is 0 Å². The van der Waals surface area contributed by atoms with Gasteiger partial charge in [-0.3, -0.25) is 0 Å². The summed E-state index contributed by atoms with van der Waals surface area (Å²) in [5, 5.41) is 0. The van der Waals surface area contributed by atoms with E-state index in [0.29, 0.717) is 0 Å². The lowest BCUT2D eigenvalue weighted by molar-refractivity contribution is 0.348. The van der Waals surface area contributed by atoms with Crippen LogP contribution in [0.1, 0.15) is 88.2 Å². The summed E-state index contributed by atoms with van der Waals surface area (Å²) in [6, 6.07) is 9.12. The Hall–Kier alpha value is -1.04. The molecular weight excluding hydrogens is 276 g/mol. The first-order valence-corrected chi connectivity index (χ1v) is 9.86. The van der Waals surface area contributed by atoms with E-state index in [1.807, 2.05) is 0 Å². The van der Waals surface area contributed by atoms with Gasteiger partial charge in [0.25, 0.3) is 0 Å². The molecule has 0 spiro atoms. The van der Waals surface area contributed by atoms with E-state index in [-0.39, 0.29) is 0 Å². The van der Waals surface area contributed by atoms with Crippen LogP contribution in [0.3, 0.4) is 0 Å². The second-order valence-corrected chi connectivity index (χ2v) is 7.90. The first kappa shape index (κ1) is 18.3. The average Bonchev–Trinajstić information content (AvgIpc) is 2.58. The van der Waals surface area contributed by atoms with Gasteiger partial charge in [-0.2, -0.15) is 0 Å². The van der Waals surface area contributed by atoms with Crippen LogP contribution in [0.4, 0.5) is 0 Å². The van der Waals surface area contributed by atoms with Crippen molar-refractivity contribution < 1.29 is 0 Å². The molecule has 0 nitrogen and oxygen atoms in total. The van der Waals surface area contributed by atoms with Crippen molar-refractivity contribution in [2.75, 3.05) is 0 Å². The van der Waals surface area contributed by atoms with E-state index in [1.54, 1.807) is 5.56 Å². The molecule has 2 aliphatic carbocycles. The van der Waals surface area contributed by atoms with Crippen molar-refractivity contribution in [3.8, 4) is 0 Å². The molecule has 0 aliphatic heterocycles. The van der Waals surface area contributed by atoms with Crippen molar-refractivity contribution in [3.63, 3.8) is 0 Å². The van der Waals surface area contributed by atoms with Gasteiger partial charge in [-0.25, -0.2) is 0 Å². The summed E-state index contributed by atoms with van der Waals surface area (Å²) < 4.78 is 0. The summed E-state index contributed by atoms with van der Waals surface area (Å²) in [6.07, 6.45) is 16.2. The van der Waals surface area contributed by atoms with Crippen LogP contribution in [0.5, 0.6) is 0 Å². The highest BCUT2D eigenvalue weighted by molar-refractivity contribution is 5.24. The van der Waals surface area contributed by atoms with E-state index >= 15 is 0 Å². The van der Waals surface area contributed by atoms with Gasteiger partial charge in [-0.05, 0) is 49.5 Å². The molecule has 1 aromatic carbocycles. The van der Waals surface area contributed by atoms with Gasteiger partial charge in [0, 0.05) is 0 Å². The van der Waals surface area contributed by atoms with Crippen molar-refractivity contribution in [3.05, 3.63) is 48.0 Å². The van der Waals surface area contributed by atoms with Crippen LogP contribution in [0.15, 0.2) is 36.9 Å². The van der Waals surface area contributed by atoms with Crippen molar-refractivity contribution in [1.82, 2.24) is 0 Å². The Labute approximate surface area is 144 Å². The van der Waals surface area contributed by atoms with Crippen LogP contribution >= 0.6 is 0 Å². The lowest BCUT2D eigenvalue weighted by atomic mass is 9.79. The molecular formula is C23H36. The third-order valence-corrected chi connectivity index (χ3v) is 5.79. The summed E-state index contributed by atoms with van der Waals surface area (Å²) in [6.45, 7) is 8.29. The Morgan fingerprint density at radius 2 is 1.52 bits per heavy atom. The zero-order valence-electron chi connectivity index (χ0n) is 15.4. The van der Waals surface area contributed by atoms with Crippen molar-refractivity contribution in [2.24, 2.45) is 11.8 Å². The van der Waals surface area contributed by atoms with Gasteiger partial charge in [0.2, 0.25) is 0 Å². The van der Waals surface area contributed by atoms with Gasteiger partial charge in [0.1, 0.15) is 0 Å². The van der Waals surface area contributed by atoms with Crippen LogP contribution in [0, 0.1) is 18.8 Å². The molecule has 0 heterocycles. The molecule has 0 unspecified atom stereocenters. The van der Waals surface area contributed by atoms with Crippen LogP contribution < -0.4 is 0 Å². The minimum atomic E-state index is 0.840. The fourth-order valence-corrected chi connectivity index (χ4v) is 4.09. The molecule has 0 saturated heterocycles. The highest BCUT2D eigenvalue weighted by Crippen LogP contribution is 2.35. The van der Waals surface area contributed by atoms with E-state index in [4.69, 9.17) is 0 Å². The quantitative estimate of drug-likeness (QED) is 0.509. The van der Waals surface area contributed by atoms with Crippen LogP contribution in [0.25, 0.3) is 0 Å². The lowest BCUT2D eigenvalue weighted by Gasteiger charge is -2.26. The molecule has 0 radical (unpaired) electrons. The largest absolute Gasteiger partial charge is 0.103 e. The topological polar surface area (TPSA) is 0 Å². The third kappa shape index (κ3) is 6.53. The molecule has 0 bridgehead atoms. The molecule has 2 saturated carbocycles. The number of benzene rings is 1. The van der Waals surface area contributed by atoms with Gasteiger partial charge >= 0.3 is 0 Å². The summed E-state index contributed by atoms with van der Waals surface area (Å²) in [5.41, 5.74) is 2.93. The Morgan fingerprint density at radius 3 is 2.09 bits per heavy atom. The standard InChI is InChI=1S/C14H20.C9H16/c1-11-3-7-13(8-4-11)14-9-5-12(2)6-10-14;1-2-6-9-7-4-3-5-8-9/h3-4,7-8,12,14H,5-6,9-10H2,1-2H3;2,9H,1,3-8H2. The Morgan fingerprint density at radius 1 is 0.913 bits per heavy atom. The zero-order chi connectivity index (χ0) is 16.5. The number of allylic oxidation sites excluding steroid dienone is 1. The summed E-state index contributed by atoms with van der Waals surface area (Å²) in [5.74, 6) is 2.78. The maximum absolute atomic E-state index is 3.75. The maximum atomic E-state index is 3.75. The fourth-order valence-electron chi connectivity index (χ4n) is 4.09.